The summed E-state index contributed by atoms with van der Waals surface area (Å²) in [7, 11) is -1.40. The lowest BCUT2D eigenvalue weighted by Gasteiger charge is -2.32. The van der Waals surface area contributed by atoms with Crippen LogP contribution in [0, 0.1) is 5.82 Å². The van der Waals surface area contributed by atoms with E-state index in [2.05, 4.69) is 24.9 Å². The zero-order valence-electron chi connectivity index (χ0n) is 22.0. The van der Waals surface area contributed by atoms with Crippen molar-refractivity contribution in [1.82, 2.24) is 20.0 Å². The first-order valence-electron chi connectivity index (χ1n) is 13.7. The highest BCUT2D eigenvalue weighted by Gasteiger charge is 2.48. The molecule has 2 aliphatic heterocycles. The number of piperidine rings is 2. The fraction of sp³-hybridized carbons (Fsp3) is 0.519. The van der Waals surface area contributed by atoms with Gasteiger partial charge in [0.2, 0.25) is 0 Å². The zero-order valence-corrected chi connectivity index (χ0v) is 22.8. The van der Waals surface area contributed by atoms with Crippen LogP contribution in [0.25, 0.3) is 17.1 Å². The van der Waals surface area contributed by atoms with Crippen LogP contribution in [0.15, 0.2) is 36.5 Å². The molecule has 3 aromatic rings. The summed E-state index contributed by atoms with van der Waals surface area (Å²) in [6, 6.07) is 8.46. The predicted octanol–water partition coefficient (Wildman–Crippen LogP) is 4.29. The molecule has 2 N–H and O–H groups in total. The van der Waals surface area contributed by atoms with Crippen molar-refractivity contribution in [2.75, 3.05) is 47.3 Å². The van der Waals surface area contributed by atoms with Gasteiger partial charge in [-0.1, -0.05) is 5.21 Å². The molecule has 2 aromatic heterocycles. The summed E-state index contributed by atoms with van der Waals surface area (Å²) < 4.78 is 58.9. The van der Waals surface area contributed by atoms with Crippen molar-refractivity contribution in [2.24, 2.45) is 0 Å². The second-order valence-corrected chi connectivity index (χ2v) is 12.5. The van der Waals surface area contributed by atoms with Gasteiger partial charge in [0.1, 0.15) is 16.7 Å². The van der Waals surface area contributed by atoms with Crippen LogP contribution < -0.4 is 14.5 Å². The highest BCUT2D eigenvalue weighted by Crippen LogP contribution is 2.42. The van der Waals surface area contributed by atoms with Gasteiger partial charge >= 0.3 is 0 Å². The molecule has 9 nitrogen and oxygen atoms in total. The van der Waals surface area contributed by atoms with Crippen LogP contribution in [0.3, 0.4) is 0 Å². The van der Waals surface area contributed by atoms with Crippen molar-refractivity contribution < 1.29 is 22.5 Å². The number of hydrogen-bond donors (Lipinski definition) is 2. The maximum atomic E-state index is 14.6. The van der Waals surface area contributed by atoms with Gasteiger partial charge in [-0.15, -0.1) is 5.10 Å². The van der Waals surface area contributed by atoms with E-state index in [4.69, 9.17) is 0 Å². The normalized spacial score (nSPS) is 20.8. The molecule has 0 amide bonds. The molecule has 2 saturated heterocycles. The molecule has 0 radical (unpaired) electrons. The van der Waals surface area contributed by atoms with E-state index >= 15 is 0 Å². The number of alkyl halides is 2. The number of aliphatic hydroxyl groups is 1. The zero-order chi connectivity index (χ0) is 27.9. The Kier molecular flexibility index (Phi) is 7.19. The lowest BCUT2D eigenvalue weighted by Crippen LogP contribution is -2.40. The Morgan fingerprint density at radius 2 is 1.68 bits per heavy atom. The van der Waals surface area contributed by atoms with Gasteiger partial charge in [0.15, 0.2) is 11.6 Å². The van der Waals surface area contributed by atoms with Crippen LogP contribution >= 0.6 is 0 Å². The lowest BCUT2D eigenvalue weighted by atomic mass is 10.1. The lowest BCUT2D eigenvalue weighted by molar-refractivity contribution is -0.0222. The highest BCUT2D eigenvalue weighted by atomic mass is 32.2. The molecule has 3 fully saturated rings. The number of hydrogen-bond acceptors (Lipinski definition) is 7. The Labute approximate surface area is 233 Å². The summed E-state index contributed by atoms with van der Waals surface area (Å²) in [6.07, 6.45) is 5.77. The minimum Gasteiger partial charge on any atom is -0.395 e. The van der Waals surface area contributed by atoms with Crippen molar-refractivity contribution in [3.8, 4) is 17.1 Å². The largest absolute Gasteiger partial charge is 0.395 e. The van der Waals surface area contributed by atoms with Crippen LogP contribution in [-0.2, 0) is 11.0 Å². The highest BCUT2D eigenvalue weighted by molar-refractivity contribution is 7.88. The van der Waals surface area contributed by atoms with Gasteiger partial charge in [-0.3, -0.25) is 0 Å². The molecule has 4 heterocycles. The van der Waals surface area contributed by atoms with Gasteiger partial charge < -0.3 is 19.6 Å². The second-order valence-electron chi connectivity index (χ2n) is 10.9. The fourth-order valence-electron chi connectivity index (χ4n) is 5.27. The smallest absolute Gasteiger partial charge is 0.251 e. The molecule has 6 rings (SSSR count). The number of pyridine rings is 1. The molecule has 13 heteroatoms. The van der Waals surface area contributed by atoms with Crippen molar-refractivity contribution >= 4 is 28.2 Å². The summed E-state index contributed by atoms with van der Waals surface area (Å²) in [5.74, 6) is -3.27. The van der Waals surface area contributed by atoms with Crippen LogP contribution in [0.4, 0.5) is 30.4 Å². The third kappa shape index (κ3) is 5.40. The van der Waals surface area contributed by atoms with Crippen molar-refractivity contribution in [3.63, 3.8) is 0 Å². The molecule has 1 atom stereocenters. The van der Waals surface area contributed by atoms with E-state index in [0.29, 0.717) is 17.1 Å². The van der Waals surface area contributed by atoms with E-state index in [-0.39, 0.29) is 38.4 Å². The van der Waals surface area contributed by atoms with Gasteiger partial charge in [-0.05, 0) is 62.4 Å². The Balaban J connectivity index is 1.28. The van der Waals surface area contributed by atoms with E-state index < -0.39 is 27.5 Å². The first kappa shape index (κ1) is 27.0. The third-order valence-corrected chi connectivity index (χ3v) is 9.74. The number of nitrogens with zero attached hydrogens (tertiary/aromatic N) is 6. The molecular weight excluding hydrogens is 543 g/mol. The van der Waals surface area contributed by atoms with Gasteiger partial charge in [0.05, 0.1) is 34.6 Å². The number of anilines is 3. The Morgan fingerprint density at radius 3 is 2.38 bits per heavy atom. The van der Waals surface area contributed by atoms with E-state index in [1.807, 2.05) is 18.2 Å². The average molecular weight is 576 g/mol. The van der Waals surface area contributed by atoms with E-state index in [1.165, 1.54) is 12.1 Å². The first-order chi connectivity index (χ1) is 19.3. The average Bonchev–Trinajstić information content (AvgIpc) is 3.63. The Morgan fingerprint density at radius 1 is 0.925 bits per heavy atom. The summed E-state index contributed by atoms with van der Waals surface area (Å²) in [5.41, 5.74) is 3.21. The maximum absolute atomic E-state index is 14.6. The Bertz CT molecular complexity index is 1400. The molecule has 1 aromatic carbocycles. The number of nitrogens with one attached hydrogen (secondary N) is 1. The molecule has 3 aliphatic rings. The molecule has 40 heavy (non-hydrogen) atoms. The minimum absolute atomic E-state index is 0.0247. The first-order valence-corrected chi connectivity index (χ1v) is 14.8. The summed E-state index contributed by atoms with van der Waals surface area (Å²) in [4.78, 5) is 8.25. The molecule has 0 spiro atoms. The third-order valence-electron chi connectivity index (χ3n) is 8.00. The standard InChI is InChI=1S/C27H32F3N7O2S/c28-20-5-6-21(31-25(20)36-14-10-27(29,30)11-15-36)22-17-37(34-32-22)23-7-4-19(33-40(39)26(18-38)8-9-26)16-24(23)35-12-2-1-3-13-35/h4-7,16-17,33,38H,1-3,8-15,18H2. The summed E-state index contributed by atoms with van der Waals surface area (Å²) in [6.45, 7) is 1.68. The molecular formula is C27H32F3N7O2S. The SMILES string of the molecule is O=S(Nc1ccc(-n2cc(-c3ccc(F)c(N4CCC(F)(F)CC4)n3)nn2)c(N2CCCCC2)c1)C1(CO)CC1. The number of aliphatic hydroxyl groups excluding tert-OH is 1. The van der Waals surface area contributed by atoms with Crippen molar-refractivity contribution in [1.29, 1.82) is 0 Å². The number of rotatable bonds is 8. The van der Waals surface area contributed by atoms with Crippen LogP contribution in [0.2, 0.25) is 0 Å². The van der Waals surface area contributed by atoms with Crippen molar-refractivity contribution in [2.45, 2.75) is 55.6 Å². The number of aromatic nitrogens is 4. The van der Waals surface area contributed by atoms with Crippen LogP contribution in [0.1, 0.15) is 44.9 Å². The van der Waals surface area contributed by atoms with E-state index in [9.17, 15) is 22.5 Å². The minimum atomic E-state index is -2.74. The van der Waals surface area contributed by atoms with E-state index in [0.717, 1.165) is 56.6 Å². The quantitative estimate of drug-likeness (QED) is 0.413. The maximum Gasteiger partial charge on any atom is 0.251 e. The monoisotopic (exact) mass is 575 g/mol. The number of benzene rings is 1. The summed E-state index contributed by atoms with van der Waals surface area (Å²) in [5, 5.41) is 18.3. The van der Waals surface area contributed by atoms with Gasteiger partial charge in [-0.2, -0.15) is 0 Å². The van der Waals surface area contributed by atoms with Gasteiger partial charge in [-0.25, -0.2) is 27.0 Å². The van der Waals surface area contributed by atoms with Crippen LogP contribution in [-0.4, -0.2) is 72.7 Å². The van der Waals surface area contributed by atoms with Gasteiger partial charge in [0.25, 0.3) is 5.92 Å². The topological polar surface area (TPSA) is 99.4 Å². The van der Waals surface area contributed by atoms with Crippen LogP contribution in [0.5, 0.6) is 0 Å². The van der Waals surface area contributed by atoms with Gasteiger partial charge in [0, 0.05) is 44.7 Å². The molecule has 1 unspecified atom stereocenters. The van der Waals surface area contributed by atoms with E-state index in [1.54, 1.807) is 15.8 Å². The Hall–Kier alpha value is -3.19. The summed E-state index contributed by atoms with van der Waals surface area (Å²) >= 11 is 0. The molecule has 214 valence electrons. The van der Waals surface area contributed by atoms with Crippen molar-refractivity contribution in [3.05, 3.63) is 42.3 Å². The number of halogens is 3. The molecule has 0 bridgehead atoms. The second kappa shape index (κ2) is 10.7. The predicted molar refractivity (Wildman–Crippen MR) is 148 cm³/mol. The molecule has 1 aliphatic carbocycles. The fourth-order valence-corrected chi connectivity index (χ4v) is 6.41. The molecule has 1 saturated carbocycles.